The molecule has 0 radical (unpaired) electrons. The third kappa shape index (κ3) is 2.71. The normalized spacial score (nSPS) is 23.7. The molecule has 0 amide bonds. The molecule has 2 N–H and O–H groups in total. The Bertz CT molecular complexity index is 304. The average Bonchev–Trinajstić information content (AvgIpc) is 2.30. The van der Waals surface area contributed by atoms with Crippen molar-refractivity contribution in [3.05, 3.63) is 34.9 Å². The summed E-state index contributed by atoms with van der Waals surface area (Å²) in [6.45, 7) is 5.43. The number of piperazine rings is 1. The quantitative estimate of drug-likeness (QED) is 0.803. The smallest absolute Gasteiger partial charge is 0.0406 e. The minimum Gasteiger partial charge on any atom is -0.314 e. The second kappa shape index (κ2) is 4.97. The summed E-state index contributed by atoms with van der Waals surface area (Å²) < 4.78 is 0. The van der Waals surface area contributed by atoms with Crippen LogP contribution in [0.4, 0.5) is 0 Å². The van der Waals surface area contributed by atoms with Crippen molar-refractivity contribution in [1.29, 1.82) is 0 Å². The molecule has 1 fully saturated rings. The van der Waals surface area contributed by atoms with E-state index in [1.54, 1.807) is 0 Å². The molecule has 82 valence electrons. The predicted octanol–water partition coefficient (Wildman–Crippen LogP) is 2.00. The van der Waals surface area contributed by atoms with Gasteiger partial charge in [-0.2, -0.15) is 0 Å². The van der Waals surface area contributed by atoms with E-state index >= 15 is 0 Å². The van der Waals surface area contributed by atoms with Crippen LogP contribution in [0.2, 0.25) is 5.02 Å². The Morgan fingerprint density at radius 2 is 2.00 bits per heavy atom. The van der Waals surface area contributed by atoms with Crippen LogP contribution in [-0.4, -0.2) is 25.7 Å². The van der Waals surface area contributed by atoms with Crippen LogP contribution >= 0.6 is 11.6 Å². The van der Waals surface area contributed by atoms with Crippen LogP contribution in [-0.2, 0) is 0 Å². The molecule has 3 heteroatoms. The van der Waals surface area contributed by atoms with Gasteiger partial charge in [0.1, 0.15) is 0 Å². The lowest BCUT2D eigenvalue weighted by atomic mass is 9.92. The average molecular weight is 225 g/mol. The molecule has 2 unspecified atom stereocenters. The van der Waals surface area contributed by atoms with E-state index in [0.717, 1.165) is 24.7 Å². The molecular formula is C12H17ClN2. The Morgan fingerprint density at radius 1 is 1.27 bits per heavy atom. The molecule has 1 aliphatic rings. The van der Waals surface area contributed by atoms with Gasteiger partial charge >= 0.3 is 0 Å². The monoisotopic (exact) mass is 224 g/mol. The van der Waals surface area contributed by atoms with Crippen LogP contribution in [0, 0.1) is 0 Å². The fraction of sp³-hybridized carbons (Fsp3) is 0.500. The second-order valence-corrected chi connectivity index (χ2v) is 4.54. The molecule has 1 heterocycles. The van der Waals surface area contributed by atoms with Gasteiger partial charge in [-0.15, -0.1) is 0 Å². The molecule has 2 atom stereocenters. The summed E-state index contributed by atoms with van der Waals surface area (Å²) in [6.07, 6.45) is 0. The van der Waals surface area contributed by atoms with Gasteiger partial charge in [-0.1, -0.05) is 30.7 Å². The molecular weight excluding hydrogens is 208 g/mol. The van der Waals surface area contributed by atoms with Gasteiger partial charge in [0.2, 0.25) is 0 Å². The Labute approximate surface area is 96.0 Å². The highest BCUT2D eigenvalue weighted by atomic mass is 35.5. The van der Waals surface area contributed by atoms with Crippen molar-refractivity contribution in [2.45, 2.75) is 18.9 Å². The van der Waals surface area contributed by atoms with Gasteiger partial charge < -0.3 is 10.6 Å². The molecule has 2 rings (SSSR count). The Balaban J connectivity index is 2.05. The molecule has 0 bridgehead atoms. The van der Waals surface area contributed by atoms with Gasteiger partial charge in [0.25, 0.3) is 0 Å². The summed E-state index contributed by atoms with van der Waals surface area (Å²) in [5.41, 5.74) is 1.35. The number of hydrogen-bond donors (Lipinski definition) is 2. The largest absolute Gasteiger partial charge is 0.314 e. The zero-order chi connectivity index (χ0) is 10.7. The summed E-state index contributed by atoms with van der Waals surface area (Å²) >= 11 is 5.87. The summed E-state index contributed by atoms with van der Waals surface area (Å²) in [5, 5.41) is 7.75. The molecule has 1 aromatic rings. The number of nitrogens with one attached hydrogen (secondary N) is 2. The van der Waals surface area contributed by atoms with E-state index in [9.17, 15) is 0 Å². The van der Waals surface area contributed by atoms with Crippen LogP contribution < -0.4 is 10.6 Å². The van der Waals surface area contributed by atoms with Crippen molar-refractivity contribution in [3.63, 3.8) is 0 Å². The third-order valence-electron chi connectivity index (χ3n) is 3.07. The van der Waals surface area contributed by atoms with Crippen LogP contribution in [0.5, 0.6) is 0 Å². The molecule has 2 nitrogen and oxygen atoms in total. The third-order valence-corrected chi connectivity index (χ3v) is 3.32. The fourth-order valence-corrected chi connectivity index (χ4v) is 2.15. The van der Waals surface area contributed by atoms with Gasteiger partial charge in [-0.05, 0) is 23.6 Å². The van der Waals surface area contributed by atoms with Gasteiger partial charge in [-0.3, -0.25) is 0 Å². The molecule has 0 spiro atoms. The molecule has 1 aromatic carbocycles. The highest BCUT2D eigenvalue weighted by Crippen LogP contribution is 2.21. The minimum atomic E-state index is 0.523. The van der Waals surface area contributed by atoms with Gasteiger partial charge in [-0.25, -0.2) is 0 Å². The lowest BCUT2D eigenvalue weighted by Gasteiger charge is -2.30. The zero-order valence-corrected chi connectivity index (χ0v) is 9.72. The van der Waals surface area contributed by atoms with Crippen molar-refractivity contribution in [3.8, 4) is 0 Å². The minimum absolute atomic E-state index is 0.523. The van der Waals surface area contributed by atoms with Crippen molar-refractivity contribution < 1.29 is 0 Å². The number of hydrogen-bond acceptors (Lipinski definition) is 2. The number of halogens is 1. The summed E-state index contributed by atoms with van der Waals surface area (Å²) in [4.78, 5) is 0. The highest BCUT2D eigenvalue weighted by molar-refractivity contribution is 6.30. The van der Waals surface area contributed by atoms with E-state index in [1.165, 1.54) is 5.56 Å². The maximum absolute atomic E-state index is 5.87. The van der Waals surface area contributed by atoms with Crippen LogP contribution in [0.15, 0.2) is 24.3 Å². The zero-order valence-electron chi connectivity index (χ0n) is 8.96. The Hall–Kier alpha value is -0.570. The molecule has 15 heavy (non-hydrogen) atoms. The van der Waals surface area contributed by atoms with Crippen molar-refractivity contribution in [2.24, 2.45) is 0 Å². The van der Waals surface area contributed by atoms with Crippen molar-refractivity contribution in [1.82, 2.24) is 10.6 Å². The maximum atomic E-state index is 5.87. The van der Waals surface area contributed by atoms with E-state index < -0.39 is 0 Å². The first-order chi connectivity index (χ1) is 7.27. The molecule has 1 saturated heterocycles. The van der Waals surface area contributed by atoms with E-state index in [4.69, 9.17) is 11.6 Å². The van der Waals surface area contributed by atoms with Gasteiger partial charge in [0, 0.05) is 30.7 Å². The molecule has 0 saturated carbocycles. The summed E-state index contributed by atoms with van der Waals surface area (Å²) in [6, 6.07) is 8.68. The van der Waals surface area contributed by atoms with E-state index in [-0.39, 0.29) is 0 Å². The lowest BCUT2D eigenvalue weighted by Crippen LogP contribution is -2.50. The summed E-state index contributed by atoms with van der Waals surface area (Å²) in [7, 11) is 0. The molecule has 1 aliphatic heterocycles. The highest BCUT2D eigenvalue weighted by Gasteiger charge is 2.20. The van der Waals surface area contributed by atoms with Crippen LogP contribution in [0.3, 0.4) is 0 Å². The maximum Gasteiger partial charge on any atom is 0.0406 e. The Morgan fingerprint density at radius 3 is 2.60 bits per heavy atom. The van der Waals surface area contributed by atoms with Crippen LogP contribution in [0.1, 0.15) is 18.4 Å². The fourth-order valence-electron chi connectivity index (χ4n) is 2.03. The molecule has 0 aliphatic carbocycles. The van der Waals surface area contributed by atoms with Gasteiger partial charge in [0.05, 0.1) is 0 Å². The Kier molecular flexibility index (Phi) is 3.62. The predicted molar refractivity (Wildman–Crippen MR) is 64.5 cm³/mol. The summed E-state index contributed by atoms with van der Waals surface area (Å²) in [5.74, 6) is 0.523. The topological polar surface area (TPSA) is 24.1 Å². The number of rotatable bonds is 2. The van der Waals surface area contributed by atoms with Gasteiger partial charge in [0.15, 0.2) is 0 Å². The van der Waals surface area contributed by atoms with E-state index in [1.807, 2.05) is 12.1 Å². The second-order valence-electron chi connectivity index (χ2n) is 4.10. The first-order valence-corrected chi connectivity index (χ1v) is 5.85. The van der Waals surface area contributed by atoms with E-state index in [0.29, 0.717) is 12.0 Å². The van der Waals surface area contributed by atoms with Crippen molar-refractivity contribution in [2.75, 3.05) is 19.6 Å². The first kappa shape index (κ1) is 10.9. The SMILES string of the molecule is CC(c1ccc(Cl)cc1)C1CNCCN1. The first-order valence-electron chi connectivity index (χ1n) is 5.47. The van der Waals surface area contributed by atoms with Crippen molar-refractivity contribution >= 4 is 11.6 Å². The number of benzene rings is 1. The standard InChI is InChI=1S/C12H17ClN2/c1-9(12-8-14-6-7-15-12)10-2-4-11(13)5-3-10/h2-5,9,12,14-15H,6-8H2,1H3. The van der Waals surface area contributed by atoms with E-state index in [2.05, 4.69) is 29.7 Å². The lowest BCUT2D eigenvalue weighted by molar-refractivity contribution is 0.378. The van der Waals surface area contributed by atoms with Crippen LogP contribution in [0.25, 0.3) is 0 Å². The molecule has 0 aromatic heterocycles.